The highest BCUT2D eigenvalue weighted by Gasteiger charge is 2.53. The van der Waals surface area contributed by atoms with Gasteiger partial charge in [-0.15, -0.1) is 0 Å². The molecule has 2 aliphatic heterocycles. The smallest absolute Gasteiger partial charge is 0.325 e. The largest absolute Gasteiger partial charge is 0.340 e. The second-order valence-electron chi connectivity index (χ2n) is 11.2. The zero-order valence-corrected chi connectivity index (χ0v) is 20.6. The maximum absolute atomic E-state index is 13.3. The fraction of sp³-hybridized carbons (Fsp3) is 0.654. The first-order chi connectivity index (χ1) is 16.1. The topological polar surface area (TPSA) is 73.0 Å². The minimum atomic E-state index is -0.843. The Balaban J connectivity index is 1.31. The van der Waals surface area contributed by atoms with E-state index < -0.39 is 11.6 Å². The van der Waals surface area contributed by atoms with Gasteiger partial charge in [0.15, 0.2) is 0 Å². The van der Waals surface area contributed by atoms with Gasteiger partial charge < -0.3 is 10.2 Å². The van der Waals surface area contributed by atoms with Gasteiger partial charge in [0.25, 0.3) is 5.91 Å². The first kappa shape index (κ1) is 24.6. The van der Waals surface area contributed by atoms with Crippen LogP contribution in [0.1, 0.15) is 58.4 Å². The number of benzene rings is 1. The minimum absolute atomic E-state index is 0.181. The molecule has 2 heterocycles. The average molecular weight is 473 g/mol. The molecule has 1 aromatic carbocycles. The van der Waals surface area contributed by atoms with Crippen LogP contribution >= 0.6 is 0 Å². The van der Waals surface area contributed by atoms with Gasteiger partial charge in [-0.25, -0.2) is 9.18 Å². The van der Waals surface area contributed by atoms with Crippen LogP contribution in [0.15, 0.2) is 24.3 Å². The lowest BCUT2D eigenvalue weighted by atomic mass is 9.67. The number of halogens is 1. The molecule has 0 atom stereocenters. The number of imide groups is 1. The van der Waals surface area contributed by atoms with Crippen LogP contribution in [0.5, 0.6) is 0 Å². The van der Waals surface area contributed by atoms with Crippen molar-refractivity contribution in [3.8, 4) is 0 Å². The molecule has 0 unspecified atom stereocenters. The summed E-state index contributed by atoms with van der Waals surface area (Å²) >= 11 is 0. The predicted molar refractivity (Wildman–Crippen MR) is 127 cm³/mol. The van der Waals surface area contributed by atoms with E-state index in [1.165, 1.54) is 12.1 Å². The molecule has 186 valence electrons. The molecule has 8 heteroatoms. The Bertz CT molecular complexity index is 919. The number of nitrogens with one attached hydrogen (secondary N) is 1. The quantitative estimate of drug-likeness (QED) is 0.682. The zero-order chi connectivity index (χ0) is 24.5. The number of amides is 4. The molecule has 1 spiro atoms. The molecular formula is C26H37FN4O3. The zero-order valence-electron chi connectivity index (χ0n) is 20.6. The second kappa shape index (κ2) is 9.64. The van der Waals surface area contributed by atoms with Crippen molar-refractivity contribution in [3.63, 3.8) is 0 Å². The lowest BCUT2D eigenvalue weighted by Gasteiger charge is -2.40. The molecule has 0 aromatic heterocycles. The second-order valence-corrected chi connectivity index (χ2v) is 11.2. The third-order valence-electron chi connectivity index (χ3n) is 7.86. The Kier molecular flexibility index (Phi) is 6.99. The van der Waals surface area contributed by atoms with Gasteiger partial charge >= 0.3 is 6.03 Å². The molecule has 1 N–H and O–H groups in total. The van der Waals surface area contributed by atoms with Crippen molar-refractivity contribution in [2.45, 2.75) is 65.0 Å². The normalized spacial score (nSPS) is 26.6. The van der Waals surface area contributed by atoms with E-state index in [2.05, 4.69) is 31.0 Å². The van der Waals surface area contributed by atoms with E-state index in [9.17, 15) is 18.8 Å². The van der Waals surface area contributed by atoms with Gasteiger partial charge in [-0.3, -0.25) is 19.4 Å². The van der Waals surface area contributed by atoms with Crippen molar-refractivity contribution in [3.05, 3.63) is 35.6 Å². The number of nitrogens with zero attached hydrogens (tertiary/aromatic N) is 3. The Morgan fingerprint density at radius 2 is 1.74 bits per heavy atom. The summed E-state index contributed by atoms with van der Waals surface area (Å²) in [5.41, 5.74) is 0.372. The van der Waals surface area contributed by atoms with Crippen LogP contribution in [0.4, 0.5) is 9.18 Å². The molecule has 1 aromatic rings. The van der Waals surface area contributed by atoms with Gasteiger partial charge in [0.1, 0.15) is 17.9 Å². The highest BCUT2D eigenvalue weighted by atomic mass is 19.1. The fourth-order valence-electron chi connectivity index (χ4n) is 5.60. The Morgan fingerprint density at radius 1 is 1.06 bits per heavy atom. The fourth-order valence-corrected chi connectivity index (χ4v) is 5.60. The highest BCUT2D eigenvalue weighted by Crippen LogP contribution is 2.43. The number of hydrogen-bond acceptors (Lipinski definition) is 4. The first-order valence-electron chi connectivity index (χ1n) is 12.5. The van der Waals surface area contributed by atoms with Gasteiger partial charge in [0.2, 0.25) is 5.91 Å². The molecular weight excluding hydrogens is 435 g/mol. The summed E-state index contributed by atoms with van der Waals surface area (Å²) in [7, 11) is 0. The van der Waals surface area contributed by atoms with Crippen LogP contribution < -0.4 is 5.32 Å². The molecule has 3 fully saturated rings. The number of hydrogen-bond donors (Lipinski definition) is 1. The van der Waals surface area contributed by atoms with E-state index in [4.69, 9.17) is 0 Å². The van der Waals surface area contributed by atoms with Crippen molar-refractivity contribution in [2.24, 2.45) is 11.3 Å². The lowest BCUT2D eigenvalue weighted by Crippen LogP contribution is -2.51. The Hall–Kier alpha value is -2.48. The van der Waals surface area contributed by atoms with E-state index >= 15 is 0 Å². The van der Waals surface area contributed by atoms with Crippen LogP contribution in [-0.2, 0) is 16.1 Å². The SMILES string of the molecule is CC(C)(C)C1CCC2(CC1)NC(=O)N(CC(=O)N1CCCN(Cc3ccc(F)cc3)CC1)C2=O. The van der Waals surface area contributed by atoms with Gasteiger partial charge in [-0.05, 0) is 61.1 Å². The molecule has 0 bridgehead atoms. The van der Waals surface area contributed by atoms with E-state index in [-0.39, 0.29) is 29.6 Å². The van der Waals surface area contributed by atoms with Crippen molar-refractivity contribution >= 4 is 17.8 Å². The molecule has 2 saturated heterocycles. The summed E-state index contributed by atoms with van der Waals surface area (Å²) in [5.74, 6) is -0.159. The molecule has 1 saturated carbocycles. The third-order valence-corrected chi connectivity index (χ3v) is 7.86. The van der Waals surface area contributed by atoms with E-state index in [1.807, 2.05) is 0 Å². The molecule has 1 aliphatic carbocycles. The van der Waals surface area contributed by atoms with Crippen LogP contribution in [0.3, 0.4) is 0 Å². The molecule has 4 rings (SSSR count). The van der Waals surface area contributed by atoms with Crippen molar-refractivity contribution in [2.75, 3.05) is 32.7 Å². The summed E-state index contributed by atoms with van der Waals surface area (Å²) in [6.45, 7) is 9.83. The van der Waals surface area contributed by atoms with Crippen molar-refractivity contribution in [1.29, 1.82) is 0 Å². The number of urea groups is 1. The Morgan fingerprint density at radius 3 is 2.38 bits per heavy atom. The lowest BCUT2D eigenvalue weighted by molar-refractivity contribution is -0.139. The van der Waals surface area contributed by atoms with Crippen LogP contribution in [0.25, 0.3) is 0 Å². The summed E-state index contributed by atoms with van der Waals surface area (Å²) in [5, 5.41) is 2.93. The standard InChI is InChI=1S/C26H37FN4O3/c1-25(2,3)20-9-11-26(12-10-20)23(33)31(24(34)28-26)18-22(32)30-14-4-13-29(15-16-30)17-19-5-7-21(27)8-6-19/h5-8,20H,4,9-18H2,1-3H3,(H,28,34). The van der Waals surface area contributed by atoms with Gasteiger partial charge in [-0.1, -0.05) is 32.9 Å². The van der Waals surface area contributed by atoms with Crippen molar-refractivity contribution in [1.82, 2.24) is 20.0 Å². The molecule has 7 nitrogen and oxygen atoms in total. The minimum Gasteiger partial charge on any atom is -0.340 e. The van der Waals surface area contributed by atoms with Crippen LogP contribution in [0, 0.1) is 17.2 Å². The molecule has 34 heavy (non-hydrogen) atoms. The maximum Gasteiger partial charge on any atom is 0.325 e. The number of carbonyl (C=O) groups is 3. The predicted octanol–water partition coefficient (Wildman–Crippen LogP) is 3.39. The summed E-state index contributed by atoms with van der Waals surface area (Å²) < 4.78 is 13.2. The molecule has 3 aliphatic rings. The van der Waals surface area contributed by atoms with E-state index in [1.54, 1.807) is 17.0 Å². The van der Waals surface area contributed by atoms with E-state index in [0.717, 1.165) is 36.3 Å². The molecule has 0 radical (unpaired) electrons. The summed E-state index contributed by atoms with van der Waals surface area (Å²) in [6.07, 6.45) is 3.87. The first-order valence-corrected chi connectivity index (χ1v) is 12.5. The monoisotopic (exact) mass is 472 g/mol. The summed E-state index contributed by atoms with van der Waals surface area (Å²) in [6, 6.07) is 6.05. The van der Waals surface area contributed by atoms with Crippen LogP contribution in [-0.4, -0.2) is 70.8 Å². The van der Waals surface area contributed by atoms with Gasteiger partial charge in [-0.2, -0.15) is 0 Å². The maximum atomic E-state index is 13.3. The number of carbonyl (C=O) groups excluding carboxylic acids is 3. The van der Waals surface area contributed by atoms with Crippen molar-refractivity contribution < 1.29 is 18.8 Å². The van der Waals surface area contributed by atoms with Gasteiger partial charge in [0, 0.05) is 32.7 Å². The highest BCUT2D eigenvalue weighted by molar-refractivity contribution is 6.09. The van der Waals surface area contributed by atoms with Crippen LogP contribution in [0.2, 0.25) is 0 Å². The van der Waals surface area contributed by atoms with Gasteiger partial charge in [0.05, 0.1) is 0 Å². The molecule has 4 amide bonds. The Labute approximate surface area is 201 Å². The average Bonchev–Trinajstić information content (AvgIpc) is 2.94. The number of rotatable bonds is 4. The van der Waals surface area contributed by atoms with E-state index in [0.29, 0.717) is 44.9 Å². The third kappa shape index (κ3) is 5.27. The summed E-state index contributed by atoms with van der Waals surface area (Å²) in [4.78, 5) is 44.1.